The minimum absolute atomic E-state index is 0.102. The Hall–Kier alpha value is -2.55. The predicted octanol–water partition coefficient (Wildman–Crippen LogP) is 3.50. The lowest BCUT2D eigenvalue weighted by Crippen LogP contribution is -2.07. The monoisotopic (exact) mass is 254 g/mol. The number of hydrogen-bond donors (Lipinski definition) is 1. The fourth-order valence-electron chi connectivity index (χ4n) is 1.57. The molecule has 0 aromatic heterocycles. The number of rotatable bonds is 4. The molecule has 2 aromatic rings. The van der Waals surface area contributed by atoms with E-state index in [2.05, 4.69) is 0 Å². The number of hydrogen-bond acceptors (Lipinski definition) is 2. The maximum absolute atomic E-state index is 11.2. The van der Waals surface area contributed by atoms with Gasteiger partial charge in [-0.2, -0.15) is 0 Å². The number of carbonyl (C=O) groups is 1. The lowest BCUT2D eigenvalue weighted by molar-refractivity contribution is -0.134. The van der Waals surface area contributed by atoms with E-state index >= 15 is 0 Å². The van der Waals surface area contributed by atoms with Crippen molar-refractivity contribution in [3.8, 4) is 5.75 Å². The second-order valence-corrected chi connectivity index (χ2v) is 4.14. The molecule has 0 aliphatic carbocycles. The van der Waals surface area contributed by atoms with Gasteiger partial charge in [-0.05, 0) is 30.7 Å². The van der Waals surface area contributed by atoms with E-state index in [9.17, 15) is 4.79 Å². The van der Waals surface area contributed by atoms with Crippen LogP contribution in [0.3, 0.4) is 0 Å². The molecule has 0 fully saturated rings. The molecule has 0 radical (unpaired) electrons. The van der Waals surface area contributed by atoms with Crippen LogP contribution < -0.4 is 4.74 Å². The van der Waals surface area contributed by atoms with E-state index in [1.54, 1.807) is 12.1 Å². The van der Waals surface area contributed by atoms with Crippen LogP contribution in [-0.2, 0) is 4.79 Å². The quantitative estimate of drug-likeness (QED) is 0.671. The first kappa shape index (κ1) is 12.9. The van der Waals surface area contributed by atoms with Crippen molar-refractivity contribution in [1.82, 2.24) is 0 Å². The van der Waals surface area contributed by atoms with Gasteiger partial charge < -0.3 is 9.84 Å². The standard InChI is InChI=1S/C16H14O3/c1-12-7-9-14(10-8-12)19-15(16(17)18)11-13-5-3-2-4-6-13/h2-11H,1H3,(H,17,18). The summed E-state index contributed by atoms with van der Waals surface area (Å²) >= 11 is 0. The smallest absolute Gasteiger partial charge is 0.371 e. The summed E-state index contributed by atoms with van der Waals surface area (Å²) in [4.78, 5) is 11.2. The first-order valence-corrected chi connectivity index (χ1v) is 5.90. The van der Waals surface area contributed by atoms with E-state index in [4.69, 9.17) is 9.84 Å². The highest BCUT2D eigenvalue weighted by Crippen LogP contribution is 2.16. The first-order valence-electron chi connectivity index (χ1n) is 5.90. The van der Waals surface area contributed by atoms with Crippen molar-refractivity contribution in [2.45, 2.75) is 6.92 Å². The molecule has 2 aromatic carbocycles. The molecule has 0 atom stereocenters. The fraction of sp³-hybridized carbons (Fsp3) is 0.0625. The van der Waals surface area contributed by atoms with E-state index in [0.717, 1.165) is 11.1 Å². The zero-order valence-corrected chi connectivity index (χ0v) is 10.5. The largest absolute Gasteiger partial charge is 0.475 e. The molecule has 1 N–H and O–H groups in total. The number of aryl methyl sites for hydroxylation is 1. The zero-order valence-electron chi connectivity index (χ0n) is 10.5. The van der Waals surface area contributed by atoms with Gasteiger partial charge in [-0.1, -0.05) is 48.0 Å². The lowest BCUT2D eigenvalue weighted by Gasteiger charge is -2.06. The number of carboxylic acid groups (broad SMARTS) is 1. The van der Waals surface area contributed by atoms with Crippen LogP contribution in [0.5, 0.6) is 5.75 Å². The third-order valence-electron chi connectivity index (χ3n) is 2.56. The van der Waals surface area contributed by atoms with Crippen molar-refractivity contribution in [2.24, 2.45) is 0 Å². The Morgan fingerprint density at radius 1 is 1.05 bits per heavy atom. The number of carboxylic acids is 1. The second kappa shape index (κ2) is 5.87. The third kappa shape index (κ3) is 3.71. The van der Waals surface area contributed by atoms with Crippen molar-refractivity contribution < 1.29 is 14.6 Å². The Labute approximate surface area is 111 Å². The van der Waals surface area contributed by atoms with Gasteiger partial charge in [0.25, 0.3) is 0 Å². The molecule has 0 aliphatic heterocycles. The highest BCUT2D eigenvalue weighted by molar-refractivity contribution is 5.90. The highest BCUT2D eigenvalue weighted by Gasteiger charge is 2.10. The summed E-state index contributed by atoms with van der Waals surface area (Å²) in [7, 11) is 0. The van der Waals surface area contributed by atoms with Crippen LogP contribution in [0, 0.1) is 6.92 Å². The molecular weight excluding hydrogens is 240 g/mol. The van der Waals surface area contributed by atoms with Crippen LogP contribution in [-0.4, -0.2) is 11.1 Å². The molecule has 0 saturated carbocycles. The molecule has 3 heteroatoms. The fourth-order valence-corrected chi connectivity index (χ4v) is 1.57. The summed E-state index contributed by atoms with van der Waals surface area (Å²) in [5.74, 6) is -0.685. The summed E-state index contributed by atoms with van der Waals surface area (Å²) in [6.45, 7) is 1.96. The molecule has 0 unspecified atom stereocenters. The SMILES string of the molecule is Cc1ccc(OC(=Cc2ccccc2)C(=O)O)cc1. The van der Waals surface area contributed by atoms with Gasteiger partial charge in [0.05, 0.1) is 0 Å². The summed E-state index contributed by atoms with van der Waals surface area (Å²) < 4.78 is 5.40. The highest BCUT2D eigenvalue weighted by atomic mass is 16.5. The molecular formula is C16H14O3. The molecule has 0 amide bonds. The average molecular weight is 254 g/mol. The topological polar surface area (TPSA) is 46.5 Å². The molecule has 0 aliphatic rings. The van der Waals surface area contributed by atoms with Gasteiger partial charge in [-0.25, -0.2) is 4.79 Å². The molecule has 0 heterocycles. The Morgan fingerprint density at radius 2 is 1.68 bits per heavy atom. The molecule has 0 bridgehead atoms. The van der Waals surface area contributed by atoms with Gasteiger partial charge in [-0.3, -0.25) is 0 Å². The first-order chi connectivity index (χ1) is 9.15. The molecule has 2 rings (SSSR count). The number of benzene rings is 2. The van der Waals surface area contributed by atoms with Crippen molar-refractivity contribution in [3.05, 3.63) is 71.5 Å². The second-order valence-electron chi connectivity index (χ2n) is 4.14. The number of aliphatic carboxylic acids is 1. The maximum Gasteiger partial charge on any atom is 0.371 e. The summed E-state index contributed by atoms with van der Waals surface area (Å²) in [6, 6.07) is 16.4. The molecule has 3 nitrogen and oxygen atoms in total. The van der Waals surface area contributed by atoms with Crippen molar-refractivity contribution in [3.63, 3.8) is 0 Å². The molecule has 19 heavy (non-hydrogen) atoms. The van der Waals surface area contributed by atoms with Crippen LogP contribution in [0.2, 0.25) is 0 Å². The zero-order chi connectivity index (χ0) is 13.7. The van der Waals surface area contributed by atoms with Crippen molar-refractivity contribution in [2.75, 3.05) is 0 Å². The Balaban J connectivity index is 2.24. The van der Waals surface area contributed by atoms with Gasteiger partial charge in [0.15, 0.2) is 0 Å². The summed E-state index contributed by atoms with van der Waals surface area (Å²) in [5, 5.41) is 9.16. The number of ether oxygens (including phenoxy) is 1. The van der Waals surface area contributed by atoms with Crippen molar-refractivity contribution in [1.29, 1.82) is 0 Å². The minimum atomic E-state index is -1.09. The van der Waals surface area contributed by atoms with Gasteiger partial charge in [-0.15, -0.1) is 0 Å². The van der Waals surface area contributed by atoms with E-state index in [-0.39, 0.29) is 5.76 Å². The van der Waals surface area contributed by atoms with Gasteiger partial charge >= 0.3 is 5.97 Å². The van der Waals surface area contributed by atoms with E-state index in [1.165, 1.54) is 6.08 Å². The Kier molecular flexibility index (Phi) is 3.98. The maximum atomic E-state index is 11.2. The normalized spacial score (nSPS) is 11.1. The lowest BCUT2D eigenvalue weighted by atomic mass is 10.2. The van der Waals surface area contributed by atoms with Crippen molar-refractivity contribution >= 4 is 12.0 Å². The van der Waals surface area contributed by atoms with Crippen LogP contribution in [0.1, 0.15) is 11.1 Å². The van der Waals surface area contributed by atoms with Gasteiger partial charge in [0.2, 0.25) is 5.76 Å². The third-order valence-corrected chi connectivity index (χ3v) is 2.56. The Morgan fingerprint density at radius 3 is 2.26 bits per heavy atom. The average Bonchev–Trinajstić information content (AvgIpc) is 2.41. The van der Waals surface area contributed by atoms with E-state index in [0.29, 0.717) is 5.75 Å². The van der Waals surface area contributed by atoms with Gasteiger partial charge in [0.1, 0.15) is 5.75 Å². The summed E-state index contributed by atoms with van der Waals surface area (Å²) in [6.07, 6.45) is 1.50. The molecule has 0 spiro atoms. The van der Waals surface area contributed by atoms with E-state index in [1.807, 2.05) is 49.4 Å². The van der Waals surface area contributed by atoms with Crippen LogP contribution in [0.15, 0.2) is 60.4 Å². The minimum Gasteiger partial charge on any atom is -0.475 e. The summed E-state index contributed by atoms with van der Waals surface area (Å²) in [5.41, 5.74) is 1.88. The van der Waals surface area contributed by atoms with Gasteiger partial charge in [0, 0.05) is 0 Å². The molecule has 96 valence electrons. The Bertz CT molecular complexity index is 583. The van der Waals surface area contributed by atoms with Crippen LogP contribution in [0.25, 0.3) is 6.08 Å². The molecule has 0 saturated heterocycles. The van der Waals surface area contributed by atoms with E-state index < -0.39 is 5.97 Å². The van der Waals surface area contributed by atoms with Crippen LogP contribution >= 0.6 is 0 Å². The van der Waals surface area contributed by atoms with Crippen LogP contribution in [0.4, 0.5) is 0 Å². The predicted molar refractivity (Wildman–Crippen MR) is 73.9 cm³/mol.